The topological polar surface area (TPSA) is 52.7 Å². The zero-order chi connectivity index (χ0) is 17.9. The van der Waals surface area contributed by atoms with Gasteiger partial charge in [-0.3, -0.25) is 9.69 Å². The first-order chi connectivity index (χ1) is 11.2. The number of rotatable bonds is 6. The van der Waals surface area contributed by atoms with E-state index < -0.39 is 23.8 Å². The van der Waals surface area contributed by atoms with Crippen LogP contribution < -0.4 is 5.32 Å². The predicted octanol–water partition coefficient (Wildman–Crippen LogP) is 2.82. The highest BCUT2D eigenvalue weighted by Crippen LogP contribution is 2.29. The average Bonchev–Trinajstić information content (AvgIpc) is 2.75. The summed E-state index contributed by atoms with van der Waals surface area (Å²) in [6.45, 7) is 2.35. The number of benzene rings is 1. The summed E-state index contributed by atoms with van der Waals surface area (Å²) >= 11 is 0. The van der Waals surface area contributed by atoms with Crippen LogP contribution in [-0.2, 0) is 17.5 Å². The normalized spacial score (nSPS) is 18.4. The average molecular weight is 343 g/mol. The minimum absolute atomic E-state index is 0.0892. The van der Waals surface area contributed by atoms with Crippen molar-refractivity contribution in [2.24, 2.45) is 0 Å². The Kier molecular flexibility index (Phi) is 5.48. The molecule has 1 aliphatic heterocycles. The number of amides is 3. The second-order valence-corrected chi connectivity index (χ2v) is 5.91. The molecule has 1 aromatic carbocycles. The molecule has 0 unspecified atom stereocenters. The second kappa shape index (κ2) is 7.21. The van der Waals surface area contributed by atoms with Crippen molar-refractivity contribution in [3.63, 3.8) is 0 Å². The van der Waals surface area contributed by atoms with Gasteiger partial charge < -0.3 is 5.32 Å². The fraction of sp³-hybridized carbons (Fsp3) is 0.500. The highest BCUT2D eigenvalue weighted by molar-refractivity contribution is 6.04. The summed E-state index contributed by atoms with van der Waals surface area (Å²) in [7, 11) is 1.70. The Balaban J connectivity index is 1.94. The van der Waals surface area contributed by atoms with Crippen LogP contribution in [0.25, 0.3) is 0 Å². The standard InChI is InChI=1S/C16H20F3N3O2/c1-3-4-13-14(23)22(15(24)20-13)10-21(2)9-11-5-7-12(8-6-11)16(17,18)19/h5-8,13H,3-4,9-10H2,1-2H3,(H,20,24)/t13-/m1/s1. The molecule has 1 aromatic rings. The number of nitrogens with zero attached hydrogens (tertiary/aromatic N) is 2. The quantitative estimate of drug-likeness (QED) is 0.808. The molecule has 0 spiro atoms. The lowest BCUT2D eigenvalue weighted by molar-refractivity contribution is -0.137. The number of hydrogen-bond acceptors (Lipinski definition) is 3. The van der Waals surface area contributed by atoms with Crippen LogP contribution in [-0.4, -0.2) is 41.5 Å². The van der Waals surface area contributed by atoms with E-state index in [1.807, 2.05) is 6.92 Å². The number of hydrogen-bond donors (Lipinski definition) is 1. The van der Waals surface area contributed by atoms with Crippen LogP contribution in [0.1, 0.15) is 30.9 Å². The number of carbonyl (C=O) groups excluding carboxylic acids is 2. The maximum absolute atomic E-state index is 12.5. The zero-order valence-electron chi connectivity index (χ0n) is 13.6. The monoisotopic (exact) mass is 343 g/mol. The first-order valence-corrected chi connectivity index (χ1v) is 7.69. The van der Waals surface area contributed by atoms with Crippen LogP contribution in [0.2, 0.25) is 0 Å². The summed E-state index contributed by atoms with van der Waals surface area (Å²) in [4.78, 5) is 26.8. The van der Waals surface area contributed by atoms with Crippen LogP contribution in [0.3, 0.4) is 0 Å². The van der Waals surface area contributed by atoms with Gasteiger partial charge in [-0.25, -0.2) is 9.69 Å². The van der Waals surface area contributed by atoms with Crippen molar-refractivity contribution in [3.8, 4) is 0 Å². The SMILES string of the molecule is CCC[C@H]1NC(=O)N(CN(C)Cc2ccc(C(F)(F)F)cc2)C1=O. The van der Waals surface area contributed by atoms with Gasteiger partial charge in [0.1, 0.15) is 6.04 Å². The molecule has 132 valence electrons. The van der Waals surface area contributed by atoms with Crippen molar-refractivity contribution in [1.29, 1.82) is 0 Å². The number of alkyl halides is 3. The van der Waals surface area contributed by atoms with Crippen LogP contribution in [0.5, 0.6) is 0 Å². The number of nitrogens with one attached hydrogen (secondary N) is 1. The van der Waals surface area contributed by atoms with E-state index in [2.05, 4.69) is 5.32 Å². The van der Waals surface area contributed by atoms with E-state index in [-0.39, 0.29) is 12.6 Å². The van der Waals surface area contributed by atoms with Crippen LogP contribution in [0, 0.1) is 0 Å². The molecule has 8 heteroatoms. The molecule has 0 radical (unpaired) electrons. The van der Waals surface area contributed by atoms with E-state index in [1.165, 1.54) is 12.1 Å². The van der Waals surface area contributed by atoms with Crippen molar-refractivity contribution in [3.05, 3.63) is 35.4 Å². The van der Waals surface area contributed by atoms with Crippen molar-refractivity contribution in [2.75, 3.05) is 13.7 Å². The van der Waals surface area contributed by atoms with Crippen molar-refractivity contribution in [2.45, 2.75) is 38.5 Å². The van der Waals surface area contributed by atoms with Crippen LogP contribution in [0.4, 0.5) is 18.0 Å². The number of imide groups is 1. The molecule has 24 heavy (non-hydrogen) atoms. The van der Waals surface area contributed by atoms with Gasteiger partial charge in [-0.2, -0.15) is 13.2 Å². The Bertz CT molecular complexity index is 602. The highest BCUT2D eigenvalue weighted by atomic mass is 19.4. The first kappa shape index (κ1) is 18.3. The van der Waals surface area contributed by atoms with Gasteiger partial charge in [0, 0.05) is 6.54 Å². The number of urea groups is 1. The summed E-state index contributed by atoms with van der Waals surface area (Å²) in [6.07, 6.45) is -2.99. The fourth-order valence-corrected chi connectivity index (χ4v) is 2.60. The van der Waals surface area contributed by atoms with Gasteiger partial charge in [0.05, 0.1) is 12.2 Å². The summed E-state index contributed by atoms with van der Waals surface area (Å²) < 4.78 is 37.6. The largest absolute Gasteiger partial charge is 0.416 e. The van der Waals surface area contributed by atoms with E-state index in [9.17, 15) is 22.8 Å². The lowest BCUT2D eigenvalue weighted by atomic mass is 10.1. The molecule has 0 aliphatic carbocycles. The molecule has 1 heterocycles. The smallest absolute Gasteiger partial charge is 0.326 e. The number of halogens is 3. The lowest BCUT2D eigenvalue weighted by Crippen LogP contribution is -2.40. The minimum atomic E-state index is -4.36. The summed E-state index contributed by atoms with van der Waals surface area (Å²) in [6, 6.07) is 3.91. The summed E-state index contributed by atoms with van der Waals surface area (Å²) in [5, 5.41) is 2.63. The third-order valence-corrected chi connectivity index (χ3v) is 3.80. The second-order valence-electron chi connectivity index (χ2n) is 5.91. The van der Waals surface area contributed by atoms with Crippen LogP contribution >= 0.6 is 0 Å². The Labute approximate surface area is 138 Å². The van der Waals surface area contributed by atoms with Gasteiger partial charge in [0.2, 0.25) is 0 Å². The van der Waals surface area contributed by atoms with Gasteiger partial charge in [-0.15, -0.1) is 0 Å². The van der Waals surface area contributed by atoms with E-state index in [1.54, 1.807) is 11.9 Å². The third-order valence-electron chi connectivity index (χ3n) is 3.80. The van der Waals surface area contributed by atoms with Gasteiger partial charge >= 0.3 is 12.2 Å². The van der Waals surface area contributed by atoms with Crippen molar-refractivity contribution < 1.29 is 22.8 Å². The van der Waals surface area contributed by atoms with Gasteiger partial charge in [-0.1, -0.05) is 25.5 Å². The van der Waals surface area contributed by atoms with E-state index in [4.69, 9.17) is 0 Å². The maximum atomic E-state index is 12.5. The molecule has 1 fully saturated rings. The van der Waals surface area contributed by atoms with E-state index in [0.717, 1.165) is 23.5 Å². The van der Waals surface area contributed by atoms with Gasteiger partial charge in [-0.05, 0) is 31.2 Å². The molecular weight excluding hydrogens is 323 g/mol. The van der Waals surface area contributed by atoms with Crippen molar-refractivity contribution >= 4 is 11.9 Å². The minimum Gasteiger partial charge on any atom is -0.326 e. The summed E-state index contributed by atoms with van der Waals surface area (Å²) in [5.74, 6) is -0.263. The molecule has 1 aliphatic rings. The van der Waals surface area contributed by atoms with Gasteiger partial charge in [0.15, 0.2) is 0 Å². The Morgan fingerprint density at radius 3 is 2.38 bits per heavy atom. The first-order valence-electron chi connectivity index (χ1n) is 7.69. The number of carbonyl (C=O) groups is 2. The molecule has 3 amide bonds. The molecule has 2 rings (SSSR count). The Morgan fingerprint density at radius 2 is 1.83 bits per heavy atom. The third kappa shape index (κ3) is 4.25. The predicted molar refractivity (Wildman–Crippen MR) is 81.9 cm³/mol. The Morgan fingerprint density at radius 1 is 1.21 bits per heavy atom. The van der Waals surface area contributed by atoms with E-state index >= 15 is 0 Å². The zero-order valence-corrected chi connectivity index (χ0v) is 13.6. The maximum Gasteiger partial charge on any atom is 0.416 e. The Hall–Kier alpha value is -2.09. The molecular formula is C16H20F3N3O2. The summed E-state index contributed by atoms with van der Waals surface area (Å²) in [5.41, 5.74) is -0.0342. The van der Waals surface area contributed by atoms with Crippen LogP contribution in [0.15, 0.2) is 24.3 Å². The molecule has 1 atom stereocenters. The highest BCUT2D eigenvalue weighted by Gasteiger charge is 2.37. The fourth-order valence-electron chi connectivity index (χ4n) is 2.60. The molecule has 1 N–H and O–H groups in total. The van der Waals surface area contributed by atoms with E-state index in [0.29, 0.717) is 18.5 Å². The van der Waals surface area contributed by atoms with Crippen molar-refractivity contribution in [1.82, 2.24) is 15.1 Å². The lowest BCUT2D eigenvalue weighted by Gasteiger charge is -2.22. The molecule has 0 saturated carbocycles. The molecule has 5 nitrogen and oxygen atoms in total. The van der Waals surface area contributed by atoms with Gasteiger partial charge in [0.25, 0.3) is 5.91 Å². The molecule has 0 aromatic heterocycles. The molecule has 0 bridgehead atoms. The molecule has 1 saturated heterocycles.